The van der Waals surface area contributed by atoms with Gasteiger partial charge in [0.1, 0.15) is 5.75 Å². The summed E-state index contributed by atoms with van der Waals surface area (Å²) in [5.74, 6) is 1.92. The van der Waals surface area contributed by atoms with Crippen LogP contribution in [0.25, 0.3) is 0 Å². The van der Waals surface area contributed by atoms with Gasteiger partial charge >= 0.3 is 0 Å². The molecule has 2 heterocycles. The first-order valence-corrected chi connectivity index (χ1v) is 9.05. The van der Waals surface area contributed by atoms with Crippen molar-refractivity contribution in [1.29, 1.82) is 0 Å². The highest BCUT2D eigenvalue weighted by Crippen LogP contribution is 2.48. The maximum absolute atomic E-state index is 10.3. The zero-order chi connectivity index (χ0) is 18.4. The molecule has 0 radical (unpaired) electrons. The second kappa shape index (κ2) is 6.40. The van der Waals surface area contributed by atoms with Crippen molar-refractivity contribution in [3.63, 3.8) is 0 Å². The Bertz CT molecular complexity index is 881. The predicted octanol–water partition coefficient (Wildman–Crippen LogP) is 4.58. The highest BCUT2D eigenvalue weighted by Gasteiger charge is 2.42. The minimum atomic E-state index is -0.206. The summed E-state index contributed by atoms with van der Waals surface area (Å²) < 4.78 is 11.8. The lowest BCUT2D eigenvalue weighted by molar-refractivity contribution is -0.0476. The summed E-state index contributed by atoms with van der Waals surface area (Å²) in [7, 11) is 1.65. The van der Waals surface area contributed by atoms with Crippen LogP contribution in [0.5, 0.6) is 17.2 Å². The molecule has 136 valence electrons. The zero-order valence-corrected chi connectivity index (χ0v) is 15.7. The van der Waals surface area contributed by atoms with Crippen LogP contribution in [-0.4, -0.2) is 29.2 Å². The molecule has 0 saturated heterocycles. The summed E-state index contributed by atoms with van der Waals surface area (Å²) in [4.78, 5) is 0. The smallest absolute Gasteiger partial charge is 0.190 e. The number of phenolic OH excluding ortho intramolecular Hbond substituents is 1. The van der Waals surface area contributed by atoms with Gasteiger partial charge in [-0.05, 0) is 24.3 Å². The van der Waals surface area contributed by atoms with E-state index in [0.717, 1.165) is 22.8 Å². The van der Waals surface area contributed by atoms with Gasteiger partial charge in [0, 0.05) is 28.5 Å². The van der Waals surface area contributed by atoms with Crippen LogP contribution in [0.15, 0.2) is 41.5 Å². The van der Waals surface area contributed by atoms with Crippen LogP contribution in [0, 0.1) is 5.92 Å². The van der Waals surface area contributed by atoms with E-state index < -0.39 is 0 Å². The molecule has 2 aromatic rings. The Morgan fingerprint density at radius 3 is 2.85 bits per heavy atom. The summed E-state index contributed by atoms with van der Waals surface area (Å²) in [6.45, 7) is 4.21. The van der Waals surface area contributed by atoms with Gasteiger partial charge in [-0.1, -0.05) is 37.6 Å². The lowest BCUT2D eigenvalue weighted by Crippen LogP contribution is -2.43. The van der Waals surface area contributed by atoms with Crippen LogP contribution in [0.3, 0.4) is 0 Å². The Kier molecular flexibility index (Phi) is 4.19. The van der Waals surface area contributed by atoms with Crippen molar-refractivity contribution in [1.82, 2.24) is 5.01 Å². The lowest BCUT2D eigenvalue weighted by Gasteiger charge is -2.40. The molecule has 2 unspecified atom stereocenters. The van der Waals surface area contributed by atoms with Gasteiger partial charge in [-0.3, -0.25) is 0 Å². The summed E-state index contributed by atoms with van der Waals surface area (Å²) in [6.07, 6.45) is 0.461. The molecule has 2 aliphatic rings. The normalized spacial score (nSPS) is 21.1. The molecule has 0 amide bonds. The third-order valence-electron chi connectivity index (χ3n) is 4.87. The van der Waals surface area contributed by atoms with Crippen molar-refractivity contribution in [3.05, 3.63) is 52.5 Å². The van der Waals surface area contributed by atoms with Crippen LogP contribution in [-0.2, 0) is 0 Å². The quantitative estimate of drug-likeness (QED) is 0.856. The van der Waals surface area contributed by atoms with Crippen molar-refractivity contribution >= 4 is 17.3 Å². The van der Waals surface area contributed by atoms with E-state index in [1.54, 1.807) is 25.3 Å². The number of nitrogens with zero attached hydrogens (tertiary/aromatic N) is 2. The van der Waals surface area contributed by atoms with E-state index in [0.29, 0.717) is 17.0 Å². The van der Waals surface area contributed by atoms with E-state index >= 15 is 0 Å². The van der Waals surface area contributed by atoms with Gasteiger partial charge in [-0.25, -0.2) is 5.01 Å². The van der Waals surface area contributed by atoms with Gasteiger partial charge in [0.05, 0.1) is 18.9 Å². The highest BCUT2D eigenvalue weighted by molar-refractivity contribution is 6.31. The molecule has 2 aromatic carbocycles. The van der Waals surface area contributed by atoms with E-state index in [2.05, 4.69) is 13.8 Å². The molecular formula is C20H21ClN2O3. The van der Waals surface area contributed by atoms with Crippen LogP contribution in [0.1, 0.15) is 37.4 Å². The van der Waals surface area contributed by atoms with E-state index in [1.807, 2.05) is 23.2 Å². The molecule has 4 rings (SSSR count). The van der Waals surface area contributed by atoms with Crippen molar-refractivity contribution < 1.29 is 14.6 Å². The first-order chi connectivity index (χ1) is 12.5. The summed E-state index contributed by atoms with van der Waals surface area (Å²) in [5.41, 5.74) is 2.51. The number of ether oxygens (including phenoxy) is 2. The van der Waals surface area contributed by atoms with Crippen molar-refractivity contribution in [2.75, 3.05) is 7.11 Å². The van der Waals surface area contributed by atoms with E-state index in [9.17, 15) is 5.11 Å². The SMILES string of the molecule is COc1cccc2c1OC(C(C)C)N1N=C(c3cc(Cl)ccc3O)CC21. The number of hydrogen-bond acceptors (Lipinski definition) is 5. The minimum absolute atomic E-state index is 0.0367. The maximum atomic E-state index is 10.3. The Labute approximate surface area is 157 Å². The number of aromatic hydroxyl groups is 1. The number of halogens is 1. The zero-order valence-electron chi connectivity index (χ0n) is 14.9. The first kappa shape index (κ1) is 17.0. The van der Waals surface area contributed by atoms with Gasteiger partial charge in [-0.15, -0.1) is 0 Å². The molecule has 0 saturated carbocycles. The number of phenols is 1. The highest BCUT2D eigenvalue weighted by atomic mass is 35.5. The third kappa shape index (κ3) is 2.67. The molecule has 0 fully saturated rings. The fourth-order valence-electron chi connectivity index (χ4n) is 3.61. The Hall–Kier alpha value is -2.40. The minimum Gasteiger partial charge on any atom is -0.507 e. The molecule has 1 N–H and O–H groups in total. The van der Waals surface area contributed by atoms with Crippen molar-refractivity contribution in [2.45, 2.75) is 32.5 Å². The van der Waals surface area contributed by atoms with Gasteiger partial charge in [0.2, 0.25) is 0 Å². The molecule has 2 aliphatic heterocycles. The summed E-state index contributed by atoms with van der Waals surface area (Å²) in [6, 6.07) is 11.0. The molecule has 2 atom stereocenters. The van der Waals surface area contributed by atoms with E-state index in [4.69, 9.17) is 26.2 Å². The molecular weight excluding hydrogens is 352 g/mol. The largest absolute Gasteiger partial charge is 0.507 e. The number of benzene rings is 2. The molecule has 0 aromatic heterocycles. The van der Waals surface area contributed by atoms with Gasteiger partial charge in [-0.2, -0.15) is 5.10 Å². The van der Waals surface area contributed by atoms with Crippen molar-refractivity contribution in [3.8, 4) is 17.2 Å². The number of hydrogen-bond donors (Lipinski definition) is 1. The van der Waals surface area contributed by atoms with Gasteiger partial charge in [0.25, 0.3) is 0 Å². The topological polar surface area (TPSA) is 54.3 Å². The standard InChI is InChI=1S/C20H21ClN2O3/c1-11(2)20-23-16(13-5-4-6-18(25-3)19(13)26-20)10-15(22-23)14-9-12(21)7-8-17(14)24/h4-9,11,16,20,24H,10H2,1-3H3. The Balaban J connectivity index is 1.80. The number of methoxy groups -OCH3 is 1. The summed E-state index contributed by atoms with van der Waals surface area (Å²) in [5, 5.41) is 17.7. The second-order valence-electron chi connectivity index (χ2n) is 6.94. The molecule has 0 bridgehead atoms. The van der Waals surface area contributed by atoms with E-state index in [1.165, 1.54) is 0 Å². The summed E-state index contributed by atoms with van der Waals surface area (Å²) >= 11 is 6.13. The number of para-hydroxylation sites is 1. The molecule has 26 heavy (non-hydrogen) atoms. The number of hydrazone groups is 1. The van der Waals surface area contributed by atoms with Gasteiger partial charge < -0.3 is 14.6 Å². The molecule has 0 spiro atoms. The Morgan fingerprint density at radius 1 is 1.31 bits per heavy atom. The lowest BCUT2D eigenvalue weighted by atomic mass is 9.95. The van der Waals surface area contributed by atoms with Crippen LogP contribution in [0.4, 0.5) is 0 Å². The fourth-order valence-corrected chi connectivity index (χ4v) is 3.79. The first-order valence-electron chi connectivity index (χ1n) is 8.68. The molecule has 5 nitrogen and oxygen atoms in total. The van der Waals surface area contributed by atoms with E-state index in [-0.39, 0.29) is 23.9 Å². The second-order valence-corrected chi connectivity index (χ2v) is 7.38. The monoisotopic (exact) mass is 372 g/mol. The average Bonchev–Trinajstić information content (AvgIpc) is 3.07. The number of fused-ring (bicyclic) bond motifs is 3. The average molecular weight is 373 g/mol. The van der Waals surface area contributed by atoms with Gasteiger partial charge in [0.15, 0.2) is 17.7 Å². The van der Waals surface area contributed by atoms with Crippen LogP contribution >= 0.6 is 11.6 Å². The number of rotatable bonds is 3. The van der Waals surface area contributed by atoms with Crippen molar-refractivity contribution in [2.24, 2.45) is 11.0 Å². The van der Waals surface area contributed by atoms with Crippen LogP contribution < -0.4 is 9.47 Å². The Morgan fingerprint density at radius 2 is 2.12 bits per heavy atom. The fraction of sp³-hybridized carbons (Fsp3) is 0.350. The molecule has 6 heteroatoms. The predicted molar refractivity (Wildman–Crippen MR) is 101 cm³/mol. The maximum Gasteiger partial charge on any atom is 0.190 e. The van der Waals surface area contributed by atoms with Crippen LogP contribution in [0.2, 0.25) is 5.02 Å². The third-order valence-corrected chi connectivity index (χ3v) is 5.10. The molecule has 0 aliphatic carbocycles.